The summed E-state index contributed by atoms with van der Waals surface area (Å²) in [5.41, 5.74) is 7.62. The van der Waals surface area contributed by atoms with Gasteiger partial charge in [-0.1, -0.05) is 22.9 Å². The number of anilines is 1. The van der Waals surface area contributed by atoms with Gasteiger partial charge >= 0.3 is 0 Å². The first-order chi connectivity index (χ1) is 11.0. The van der Waals surface area contributed by atoms with Crippen molar-refractivity contribution >= 4 is 44.1 Å². The Kier molecular flexibility index (Phi) is 4.55. The van der Waals surface area contributed by atoms with Crippen molar-refractivity contribution in [3.63, 3.8) is 0 Å². The number of carbonyl (C=O) groups is 2. The Morgan fingerprint density at radius 3 is 2.65 bits per heavy atom. The molecule has 1 aliphatic rings. The summed E-state index contributed by atoms with van der Waals surface area (Å²) in [5, 5.41) is 3.44. The molecule has 1 atom stereocenters. The van der Waals surface area contributed by atoms with Crippen molar-refractivity contribution in [1.82, 2.24) is 0 Å². The second-order valence-corrected chi connectivity index (χ2v) is 7.90. The van der Waals surface area contributed by atoms with Crippen LogP contribution in [0.25, 0.3) is 0 Å². The third kappa shape index (κ3) is 3.33. The summed E-state index contributed by atoms with van der Waals surface area (Å²) in [6.45, 7) is 2.20. The average molecular weight is 393 g/mol. The van der Waals surface area contributed by atoms with Gasteiger partial charge in [0.25, 0.3) is 11.8 Å². The molecule has 2 amide bonds. The fourth-order valence-electron chi connectivity index (χ4n) is 2.88. The van der Waals surface area contributed by atoms with E-state index in [1.54, 1.807) is 12.1 Å². The van der Waals surface area contributed by atoms with Gasteiger partial charge in [-0.2, -0.15) is 0 Å². The van der Waals surface area contributed by atoms with Crippen LogP contribution in [-0.4, -0.2) is 11.8 Å². The van der Waals surface area contributed by atoms with Crippen molar-refractivity contribution in [2.75, 3.05) is 5.32 Å². The zero-order valence-electron chi connectivity index (χ0n) is 12.7. The fourth-order valence-corrected chi connectivity index (χ4v) is 4.55. The van der Waals surface area contributed by atoms with Crippen molar-refractivity contribution in [2.45, 2.75) is 26.2 Å². The van der Waals surface area contributed by atoms with Crippen molar-refractivity contribution in [3.8, 4) is 0 Å². The Morgan fingerprint density at radius 2 is 2.00 bits per heavy atom. The fraction of sp³-hybridized carbons (Fsp3) is 0.294. The van der Waals surface area contributed by atoms with E-state index in [2.05, 4.69) is 28.2 Å². The smallest absolute Gasteiger partial charge is 0.256 e. The number of hydrogen-bond donors (Lipinski definition) is 2. The van der Waals surface area contributed by atoms with Crippen LogP contribution in [0.15, 0.2) is 28.7 Å². The Hall–Kier alpha value is -1.66. The highest BCUT2D eigenvalue weighted by atomic mass is 79.9. The highest BCUT2D eigenvalue weighted by Gasteiger charge is 2.27. The molecule has 3 N–H and O–H groups in total. The second-order valence-electron chi connectivity index (χ2n) is 5.88. The van der Waals surface area contributed by atoms with Crippen LogP contribution in [0, 0.1) is 5.92 Å². The van der Waals surface area contributed by atoms with E-state index >= 15 is 0 Å². The molecule has 0 radical (unpaired) electrons. The maximum Gasteiger partial charge on any atom is 0.256 e. The molecule has 1 unspecified atom stereocenters. The van der Waals surface area contributed by atoms with E-state index in [-0.39, 0.29) is 5.91 Å². The minimum atomic E-state index is -0.469. The number of fused-ring (bicyclic) bond motifs is 1. The van der Waals surface area contributed by atoms with Crippen molar-refractivity contribution < 1.29 is 9.59 Å². The molecule has 0 spiro atoms. The van der Waals surface area contributed by atoms with Crippen LogP contribution < -0.4 is 11.1 Å². The van der Waals surface area contributed by atoms with Gasteiger partial charge in [0.2, 0.25) is 0 Å². The molecule has 0 saturated heterocycles. The van der Waals surface area contributed by atoms with Crippen molar-refractivity contribution in [3.05, 3.63) is 50.3 Å². The molecular weight excluding hydrogens is 376 g/mol. The highest BCUT2D eigenvalue weighted by Crippen LogP contribution is 2.39. The topological polar surface area (TPSA) is 72.2 Å². The second kappa shape index (κ2) is 6.45. The van der Waals surface area contributed by atoms with E-state index in [4.69, 9.17) is 5.73 Å². The van der Waals surface area contributed by atoms with Gasteiger partial charge in [-0.3, -0.25) is 9.59 Å². The molecule has 1 heterocycles. The van der Waals surface area contributed by atoms with E-state index in [1.807, 2.05) is 12.1 Å². The zero-order valence-corrected chi connectivity index (χ0v) is 15.1. The summed E-state index contributed by atoms with van der Waals surface area (Å²) in [5.74, 6) is -0.105. The van der Waals surface area contributed by atoms with E-state index in [0.29, 0.717) is 22.0 Å². The van der Waals surface area contributed by atoms with E-state index in [1.165, 1.54) is 16.2 Å². The number of carbonyl (C=O) groups excluding carboxylic acids is 2. The third-order valence-corrected chi connectivity index (χ3v) is 5.79. The van der Waals surface area contributed by atoms with Crippen LogP contribution in [0.5, 0.6) is 0 Å². The third-order valence-electron chi connectivity index (χ3n) is 4.09. The number of nitrogens with one attached hydrogen (secondary N) is 1. The monoisotopic (exact) mass is 392 g/mol. The summed E-state index contributed by atoms with van der Waals surface area (Å²) in [4.78, 5) is 25.4. The first-order valence-corrected chi connectivity index (χ1v) is 9.08. The van der Waals surface area contributed by atoms with Crippen LogP contribution in [0.2, 0.25) is 0 Å². The predicted octanol–water partition coefficient (Wildman–Crippen LogP) is 3.99. The number of benzene rings is 1. The summed E-state index contributed by atoms with van der Waals surface area (Å²) >= 11 is 4.82. The van der Waals surface area contributed by atoms with E-state index in [0.717, 1.165) is 29.3 Å². The molecule has 0 saturated carbocycles. The van der Waals surface area contributed by atoms with E-state index in [9.17, 15) is 9.59 Å². The molecule has 120 valence electrons. The largest absolute Gasteiger partial charge is 0.365 e. The number of amides is 2. The normalized spacial score (nSPS) is 16.7. The first kappa shape index (κ1) is 16.2. The van der Waals surface area contributed by atoms with Crippen LogP contribution in [0.4, 0.5) is 5.00 Å². The molecule has 23 heavy (non-hydrogen) atoms. The van der Waals surface area contributed by atoms with Crippen LogP contribution in [0.3, 0.4) is 0 Å². The lowest BCUT2D eigenvalue weighted by Crippen LogP contribution is -2.19. The Morgan fingerprint density at radius 1 is 1.30 bits per heavy atom. The van der Waals surface area contributed by atoms with E-state index < -0.39 is 5.91 Å². The maximum atomic E-state index is 12.4. The highest BCUT2D eigenvalue weighted by molar-refractivity contribution is 9.10. The molecule has 1 aromatic heterocycles. The number of primary amides is 1. The lowest BCUT2D eigenvalue weighted by Gasteiger charge is -2.18. The van der Waals surface area contributed by atoms with Crippen LogP contribution in [0.1, 0.15) is 44.5 Å². The summed E-state index contributed by atoms with van der Waals surface area (Å²) in [6.07, 6.45) is 2.83. The lowest BCUT2D eigenvalue weighted by molar-refractivity contribution is 0.1000. The molecule has 0 bridgehead atoms. The van der Waals surface area contributed by atoms with Gasteiger partial charge in [0.15, 0.2) is 0 Å². The van der Waals surface area contributed by atoms with Crippen LogP contribution >= 0.6 is 27.3 Å². The standard InChI is InChI=1S/C17H17BrN2O2S/c1-9-2-7-12-13(8-9)23-17(14(12)15(19)21)20-16(22)10-3-5-11(18)6-4-10/h3-6,9H,2,7-8H2,1H3,(H2,19,21)(H,20,22). The molecule has 1 aromatic carbocycles. The Bertz CT molecular complexity index is 768. The van der Waals surface area contributed by atoms with Crippen LogP contribution in [-0.2, 0) is 12.8 Å². The minimum absolute atomic E-state index is 0.230. The van der Waals surface area contributed by atoms with Crippen molar-refractivity contribution in [1.29, 1.82) is 0 Å². The van der Waals surface area contributed by atoms with Crippen molar-refractivity contribution in [2.24, 2.45) is 11.7 Å². The van der Waals surface area contributed by atoms with Gasteiger partial charge in [0.05, 0.1) is 5.56 Å². The summed E-state index contributed by atoms with van der Waals surface area (Å²) in [7, 11) is 0. The molecule has 6 heteroatoms. The van der Waals surface area contributed by atoms with Gasteiger partial charge in [-0.05, 0) is 55.0 Å². The molecule has 4 nitrogen and oxygen atoms in total. The summed E-state index contributed by atoms with van der Waals surface area (Å²) in [6, 6.07) is 7.09. The molecule has 0 aliphatic heterocycles. The summed E-state index contributed by atoms with van der Waals surface area (Å²) < 4.78 is 0.910. The molecule has 0 fully saturated rings. The SMILES string of the molecule is CC1CCc2c(sc(NC(=O)c3ccc(Br)cc3)c2C(N)=O)C1. The molecule has 2 aromatic rings. The first-order valence-electron chi connectivity index (χ1n) is 7.47. The quantitative estimate of drug-likeness (QED) is 0.828. The zero-order chi connectivity index (χ0) is 16.6. The van der Waals surface area contributed by atoms with Gasteiger partial charge in [-0.25, -0.2) is 0 Å². The number of halogens is 1. The van der Waals surface area contributed by atoms with Gasteiger partial charge < -0.3 is 11.1 Å². The molecular formula is C17H17BrN2O2S. The number of nitrogens with two attached hydrogens (primary N) is 1. The van der Waals surface area contributed by atoms with Gasteiger partial charge in [-0.15, -0.1) is 11.3 Å². The molecule has 1 aliphatic carbocycles. The Balaban J connectivity index is 1.92. The van der Waals surface area contributed by atoms with Gasteiger partial charge in [0.1, 0.15) is 5.00 Å². The average Bonchev–Trinajstić information content (AvgIpc) is 2.84. The lowest BCUT2D eigenvalue weighted by atomic mass is 9.88. The predicted molar refractivity (Wildman–Crippen MR) is 96.1 cm³/mol. The molecule has 3 rings (SSSR count). The number of thiophene rings is 1. The number of rotatable bonds is 3. The maximum absolute atomic E-state index is 12.4. The Labute approximate surface area is 147 Å². The minimum Gasteiger partial charge on any atom is -0.365 e. The van der Waals surface area contributed by atoms with Gasteiger partial charge in [0, 0.05) is 14.9 Å². The number of hydrogen-bond acceptors (Lipinski definition) is 3.